The Hall–Kier alpha value is -1.65. The van der Waals surface area contributed by atoms with Gasteiger partial charge in [0.2, 0.25) is 0 Å². The van der Waals surface area contributed by atoms with Crippen LogP contribution in [0, 0.1) is 0 Å². The second-order valence-electron chi connectivity index (χ2n) is 3.92. The molecule has 0 fully saturated rings. The van der Waals surface area contributed by atoms with Crippen LogP contribution in [0.4, 0.5) is 10.6 Å². The summed E-state index contributed by atoms with van der Waals surface area (Å²) in [6.07, 6.45) is 2.95. The number of hydrogen-bond donors (Lipinski definition) is 2. The summed E-state index contributed by atoms with van der Waals surface area (Å²) in [6, 6.07) is 1.36. The molecule has 1 heterocycles. The Balaban J connectivity index is 2.50. The fourth-order valence-electron chi connectivity index (χ4n) is 0.853. The fraction of sp³-hybridized carbons (Fsp3) is 0.444. The predicted molar refractivity (Wildman–Crippen MR) is 53.9 cm³/mol. The Labute approximate surface area is 83.0 Å². The first-order valence-corrected chi connectivity index (χ1v) is 4.32. The molecule has 76 valence electrons. The van der Waals surface area contributed by atoms with Gasteiger partial charge in [0.15, 0.2) is 0 Å². The number of hydrogen-bond acceptors (Lipinski definition) is 3. The lowest BCUT2D eigenvalue weighted by atomic mass is 10.1. The third-order valence-electron chi connectivity index (χ3n) is 1.31. The van der Waals surface area contributed by atoms with Crippen LogP contribution in [0.15, 0.2) is 18.6 Å². The molecule has 0 aliphatic rings. The fourth-order valence-corrected chi connectivity index (χ4v) is 0.853. The number of carbonyl (C=O) groups excluding carboxylic acids is 1. The van der Waals surface area contributed by atoms with E-state index in [1.54, 1.807) is 12.3 Å². The van der Waals surface area contributed by atoms with Gasteiger partial charge in [-0.2, -0.15) is 0 Å². The minimum atomic E-state index is -0.267. The highest BCUT2D eigenvalue weighted by atomic mass is 16.2. The second-order valence-corrected chi connectivity index (χ2v) is 3.92. The quantitative estimate of drug-likeness (QED) is 0.710. The third kappa shape index (κ3) is 3.84. The molecule has 0 bridgehead atoms. The first-order valence-electron chi connectivity index (χ1n) is 4.32. The van der Waals surface area contributed by atoms with Gasteiger partial charge in [0.1, 0.15) is 12.1 Å². The summed E-state index contributed by atoms with van der Waals surface area (Å²) < 4.78 is 0. The standard InChI is InChI=1S/C9H14N4O/c1-9(2,3)13-8(14)12-7-4-5-10-6-11-7/h4-6H,1-3H3,(H2,10,11,12,13,14). The van der Waals surface area contributed by atoms with Crippen molar-refractivity contribution in [2.75, 3.05) is 5.32 Å². The van der Waals surface area contributed by atoms with Crippen molar-refractivity contribution in [1.29, 1.82) is 0 Å². The number of rotatable bonds is 1. The monoisotopic (exact) mass is 194 g/mol. The van der Waals surface area contributed by atoms with Crippen molar-refractivity contribution < 1.29 is 4.79 Å². The summed E-state index contributed by atoms with van der Waals surface area (Å²) in [7, 11) is 0. The number of urea groups is 1. The van der Waals surface area contributed by atoms with Gasteiger partial charge in [0.05, 0.1) is 0 Å². The number of carbonyl (C=O) groups is 1. The highest BCUT2D eigenvalue weighted by Gasteiger charge is 2.13. The van der Waals surface area contributed by atoms with Gasteiger partial charge in [0, 0.05) is 11.7 Å². The molecule has 0 saturated carbocycles. The van der Waals surface area contributed by atoms with Crippen LogP contribution in [0.25, 0.3) is 0 Å². The van der Waals surface area contributed by atoms with Gasteiger partial charge in [0.25, 0.3) is 0 Å². The van der Waals surface area contributed by atoms with Crippen LogP contribution in [0.3, 0.4) is 0 Å². The summed E-state index contributed by atoms with van der Waals surface area (Å²) in [5.41, 5.74) is -0.253. The molecule has 5 nitrogen and oxygen atoms in total. The molecule has 0 aliphatic heterocycles. The maximum absolute atomic E-state index is 11.3. The minimum absolute atomic E-state index is 0.253. The van der Waals surface area contributed by atoms with E-state index in [1.807, 2.05) is 20.8 Å². The number of anilines is 1. The third-order valence-corrected chi connectivity index (χ3v) is 1.31. The first-order chi connectivity index (χ1) is 6.47. The SMILES string of the molecule is CC(C)(C)NC(=O)Nc1ccncn1. The molecule has 0 aromatic carbocycles. The van der Waals surface area contributed by atoms with Crippen molar-refractivity contribution in [3.8, 4) is 0 Å². The van der Waals surface area contributed by atoms with Crippen LogP contribution in [-0.2, 0) is 0 Å². The average molecular weight is 194 g/mol. The van der Waals surface area contributed by atoms with Crippen molar-refractivity contribution in [2.24, 2.45) is 0 Å². The molecule has 1 aromatic rings. The molecule has 1 rings (SSSR count). The van der Waals surface area contributed by atoms with Crippen LogP contribution < -0.4 is 10.6 Å². The van der Waals surface area contributed by atoms with Gasteiger partial charge in [-0.15, -0.1) is 0 Å². The van der Waals surface area contributed by atoms with Crippen molar-refractivity contribution in [1.82, 2.24) is 15.3 Å². The number of nitrogens with zero attached hydrogens (tertiary/aromatic N) is 2. The van der Waals surface area contributed by atoms with Crippen LogP contribution in [0.5, 0.6) is 0 Å². The van der Waals surface area contributed by atoms with Crippen molar-refractivity contribution in [2.45, 2.75) is 26.3 Å². The number of aromatic nitrogens is 2. The molecule has 2 N–H and O–H groups in total. The molecule has 0 spiro atoms. The molecular formula is C9H14N4O. The van der Waals surface area contributed by atoms with Gasteiger partial charge in [-0.25, -0.2) is 14.8 Å². The maximum atomic E-state index is 11.3. The molecule has 0 saturated heterocycles. The van der Waals surface area contributed by atoms with E-state index < -0.39 is 0 Å². The van der Waals surface area contributed by atoms with Gasteiger partial charge in [-0.3, -0.25) is 5.32 Å². The molecule has 0 atom stereocenters. The number of nitrogens with one attached hydrogen (secondary N) is 2. The Morgan fingerprint density at radius 3 is 2.64 bits per heavy atom. The van der Waals surface area contributed by atoms with Gasteiger partial charge in [-0.1, -0.05) is 0 Å². The van der Waals surface area contributed by atoms with Gasteiger partial charge < -0.3 is 5.32 Å². The molecule has 14 heavy (non-hydrogen) atoms. The highest BCUT2D eigenvalue weighted by Crippen LogP contribution is 2.01. The first kappa shape index (κ1) is 10.4. The summed E-state index contributed by atoms with van der Waals surface area (Å²) in [6.45, 7) is 5.73. The Kier molecular flexibility index (Phi) is 3.01. The van der Waals surface area contributed by atoms with E-state index in [-0.39, 0.29) is 11.6 Å². The predicted octanol–water partition coefficient (Wildman–Crippen LogP) is 1.40. The average Bonchev–Trinajstić information content (AvgIpc) is 2.02. The van der Waals surface area contributed by atoms with Crippen LogP contribution in [0.1, 0.15) is 20.8 Å². The van der Waals surface area contributed by atoms with E-state index in [0.29, 0.717) is 5.82 Å². The van der Waals surface area contributed by atoms with E-state index in [2.05, 4.69) is 20.6 Å². The lowest BCUT2D eigenvalue weighted by Gasteiger charge is -2.20. The Morgan fingerprint density at radius 1 is 1.43 bits per heavy atom. The molecule has 0 aliphatic carbocycles. The molecular weight excluding hydrogens is 180 g/mol. The highest BCUT2D eigenvalue weighted by molar-refractivity contribution is 5.88. The Morgan fingerprint density at radius 2 is 2.14 bits per heavy atom. The van der Waals surface area contributed by atoms with Crippen molar-refractivity contribution in [3.05, 3.63) is 18.6 Å². The normalized spacial score (nSPS) is 10.8. The van der Waals surface area contributed by atoms with Crippen molar-refractivity contribution >= 4 is 11.8 Å². The summed E-state index contributed by atoms with van der Waals surface area (Å²) in [5, 5.41) is 5.35. The van der Waals surface area contributed by atoms with E-state index in [0.717, 1.165) is 0 Å². The van der Waals surface area contributed by atoms with Crippen LogP contribution in [0.2, 0.25) is 0 Å². The molecule has 5 heteroatoms. The minimum Gasteiger partial charge on any atom is -0.333 e. The van der Waals surface area contributed by atoms with Crippen LogP contribution in [-0.4, -0.2) is 21.5 Å². The van der Waals surface area contributed by atoms with E-state index >= 15 is 0 Å². The largest absolute Gasteiger partial charge is 0.333 e. The molecule has 0 unspecified atom stereocenters. The zero-order valence-corrected chi connectivity index (χ0v) is 8.53. The molecule has 0 radical (unpaired) electrons. The summed E-state index contributed by atoms with van der Waals surface area (Å²) in [4.78, 5) is 19.0. The zero-order valence-electron chi connectivity index (χ0n) is 8.53. The molecule has 2 amide bonds. The topological polar surface area (TPSA) is 66.9 Å². The van der Waals surface area contributed by atoms with Gasteiger partial charge >= 0.3 is 6.03 Å². The van der Waals surface area contributed by atoms with Crippen molar-refractivity contribution in [3.63, 3.8) is 0 Å². The number of amides is 2. The second kappa shape index (κ2) is 4.04. The summed E-state index contributed by atoms with van der Waals surface area (Å²) in [5.74, 6) is 0.488. The van der Waals surface area contributed by atoms with E-state index in [1.165, 1.54) is 6.33 Å². The van der Waals surface area contributed by atoms with Gasteiger partial charge in [-0.05, 0) is 26.8 Å². The zero-order chi connectivity index (χ0) is 10.6. The smallest absolute Gasteiger partial charge is 0.320 e. The maximum Gasteiger partial charge on any atom is 0.320 e. The summed E-state index contributed by atoms with van der Waals surface area (Å²) >= 11 is 0. The Bertz CT molecular complexity index is 304. The van der Waals surface area contributed by atoms with Crippen LogP contribution >= 0.6 is 0 Å². The van der Waals surface area contributed by atoms with E-state index in [4.69, 9.17) is 0 Å². The lowest BCUT2D eigenvalue weighted by molar-refractivity contribution is 0.243. The lowest BCUT2D eigenvalue weighted by Crippen LogP contribution is -2.43. The van der Waals surface area contributed by atoms with E-state index in [9.17, 15) is 4.79 Å². The molecule has 1 aromatic heterocycles.